The smallest absolute Gasteiger partial charge is 0.317 e. The largest absolute Gasteiger partial charge is 0.485 e. The van der Waals surface area contributed by atoms with E-state index >= 15 is 0 Å². The standard InChI is InChI=1S/C28H35N5O5S/c1-16(2)29-28(37)32(5)14-22-17(3)13-33(18(4)15-34)27(36)19-9-8-11-21(24(19)38-22)30-25(35)26-31-20-10-6-7-12-23(20)39-26/h6-12,16-18,22,34H,13-15H2,1-5H3,(H,29,37)(H,30,35)/t17-,18-,22-/m0/s1. The molecule has 3 N–H and O–H groups in total. The molecule has 2 aromatic carbocycles. The van der Waals surface area contributed by atoms with Crippen molar-refractivity contribution in [1.82, 2.24) is 20.1 Å². The number of rotatable bonds is 7. The number of anilines is 1. The van der Waals surface area contributed by atoms with Crippen LogP contribution in [0.25, 0.3) is 10.2 Å². The van der Waals surface area contributed by atoms with E-state index < -0.39 is 18.1 Å². The zero-order valence-electron chi connectivity index (χ0n) is 22.8. The van der Waals surface area contributed by atoms with Gasteiger partial charge < -0.3 is 30.3 Å². The molecule has 3 aromatic rings. The SMILES string of the molecule is CC(C)NC(=O)N(C)C[C@@H]1Oc2c(NC(=O)c3nc4ccccc4s3)cccc2C(=O)N([C@@H](C)CO)C[C@@H]1C. The monoisotopic (exact) mass is 553 g/mol. The molecular formula is C28H35N5O5S. The fraction of sp³-hybridized carbons (Fsp3) is 0.429. The molecule has 0 fully saturated rings. The predicted octanol–water partition coefficient (Wildman–Crippen LogP) is 3.82. The van der Waals surface area contributed by atoms with Gasteiger partial charge in [0.15, 0.2) is 10.8 Å². The van der Waals surface area contributed by atoms with Crippen molar-refractivity contribution in [1.29, 1.82) is 0 Å². The number of aliphatic hydroxyl groups excluding tert-OH is 1. The summed E-state index contributed by atoms with van der Waals surface area (Å²) in [5.74, 6) is -0.695. The van der Waals surface area contributed by atoms with Crippen LogP contribution in [-0.4, -0.2) is 82.7 Å². The summed E-state index contributed by atoms with van der Waals surface area (Å²) in [6.45, 7) is 7.86. The lowest BCUT2D eigenvalue weighted by atomic mass is 9.99. The zero-order chi connectivity index (χ0) is 28.3. The second-order valence-corrected chi connectivity index (χ2v) is 11.3. The molecule has 39 heavy (non-hydrogen) atoms. The van der Waals surface area contributed by atoms with E-state index in [2.05, 4.69) is 15.6 Å². The first kappa shape index (κ1) is 28.3. The molecule has 0 unspecified atom stereocenters. The summed E-state index contributed by atoms with van der Waals surface area (Å²) in [5, 5.41) is 15.9. The first-order valence-electron chi connectivity index (χ1n) is 13.0. The van der Waals surface area contributed by atoms with Crippen molar-refractivity contribution in [2.24, 2.45) is 5.92 Å². The Kier molecular flexibility index (Phi) is 8.71. The van der Waals surface area contributed by atoms with Crippen LogP contribution in [0.15, 0.2) is 42.5 Å². The van der Waals surface area contributed by atoms with Gasteiger partial charge in [0, 0.05) is 25.6 Å². The number of hydrogen-bond donors (Lipinski definition) is 3. The highest BCUT2D eigenvalue weighted by atomic mass is 32.1. The first-order chi connectivity index (χ1) is 18.6. The fourth-order valence-electron chi connectivity index (χ4n) is 4.41. The van der Waals surface area contributed by atoms with Crippen LogP contribution in [0.2, 0.25) is 0 Å². The van der Waals surface area contributed by atoms with Crippen LogP contribution in [0.3, 0.4) is 0 Å². The van der Waals surface area contributed by atoms with Gasteiger partial charge in [-0.2, -0.15) is 0 Å². The molecule has 1 aromatic heterocycles. The van der Waals surface area contributed by atoms with E-state index in [1.807, 2.05) is 45.0 Å². The summed E-state index contributed by atoms with van der Waals surface area (Å²) in [7, 11) is 1.69. The van der Waals surface area contributed by atoms with Gasteiger partial charge in [0.1, 0.15) is 6.10 Å². The molecule has 0 radical (unpaired) electrons. The van der Waals surface area contributed by atoms with Crippen molar-refractivity contribution in [2.75, 3.05) is 32.1 Å². The third kappa shape index (κ3) is 6.31. The van der Waals surface area contributed by atoms with Crippen LogP contribution >= 0.6 is 11.3 Å². The molecule has 0 saturated carbocycles. The third-order valence-corrected chi connectivity index (χ3v) is 7.68. The Labute approximate surface area is 232 Å². The molecule has 0 saturated heterocycles. The maximum Gasteiger partial charge on any atom is 0.317 e. The molecule has 0 spiro atoms. The highest BCUT2D eigenvalue weighted by molar-refractivity contribution is 7.20. The van der Waals surface area contributed by atoms with Crippen molar-refractivity contribution in [3.05, 3.63) is 53.0 Å². The average Bonchev–Trinajstić information content (AvgIpc) is 3.34. The predicted molar refractivity (Wildman–Crippen MR) is 151 cm³/mol. The van der Waals surface area contributed by atoms with E-state index in [4.69, 9.17) is 4.74 Å². The maximum absolute atomic E-state index is 13.7. The van der Waals surface area contributed by atoms with E-state index in [0.717, 1.165) is 10.2 Å². The molecule has 4 rings (SSSR count). The molecule has 0 aliphatic carbocycles. The number of aromatic nitrogens is 1. The van der Waals surface area contributed by atoms with Crippen LogP contribution in [-0.2, 0) is 0 Å². The number of benzene rings is 2. The van der Waals surface area contributed by atoms with Crippen molar-refractivity contribution in [2.45, 2.75) is 45.9 Å². The maximum atomic E-state index is 13.7. The Bertz CT molecular complexity index is 1330. The molecule has 2 heterocycles. The number of aliphatic hydroxyl groups is 1. The molecule has 0 bridgehead atoms. The summed E-state index contributed by atoms with van der Waals surface area (Å²) in [6.07, 6.45) is -0.506. The number of ether oxygens (including phenoxy) is 1. The van der Waals surface area contributed by atoms with Gasteiger partial charge in [-0.1, -0.05) is 25.1 Å². The lowest BCUT2D eigenvalue weighted by molar-refractivity contribution is 0.0368. The molecule has 10 nitrogen and oxygen atoms in total. The van der Waals surface area contributed by atoms with Crippen molar-refractivity contribution < 1.29 is 24.2 Å². The number of fused-ring (bicyclic) bond motifs is 2. The van der Waals surface area contributed by atoms with Gasteiger partial charge in [-0.3, -0.25) is 9.59 Å². The number of urea groups is 1. The quantitative estimate of drug-likeness (QED) is 0.409. The number of carbonyl (C=O) groups excluding carboxylic acids is 3. The van der Waals surface area contributed by atoms with Crippen LogP contribution in [0.5, 0.6) is 5.75 Å². The minimum atomic E-state index is -0.506. The van der Waals surface area contributed by atoms with Crippen LogP contribution in [0.4, 0.5) is 10.5 Å². The molecule has 1 aliphatic rings. The number of hydrogen-bond acceptors (Lipinski definition) is 7. The lowest BCUT2D eigenvalue weighted by Gasteiger charge is -2.38. The summed E-state index contributed by atoms with van der Waals surface area (Å²) < 4.78 is 7.36. The van der Waals surface area contributed by atoms with E-state index in [-0.39, 0.29) is 53.4 Å². The van der Waals surface area contributed by atoms with Crippen LogP contribution < -0.4 is 15.4 Å². The van der Waals surface area contributed by atoms with Crippen molar-refractivity contribution >= 4 is 45.1 Å². The number of thiazole rings is 1. The summed E-state index contributed by atoms with van der Waals surface area (Å²) in [4.78, 5) is 47.1. The molecule has 11 heteroatoms. The normalized spacial score (nSPS) is 18.1. The number of para-hydroxylation sites is 2. The Morgan fingerprint density at radius 2 is 1.95 bits per heavy atom. The molecule has 3 atom stereocenters. The summed E-state index contributed by atoms with van der Waals surface area (Å²) >= 11 is 1.28. The van der Waals surface area contributed by atoms with Crippen molar-refractivity contribution in [3.8, 4) is 5.75 Å². The molecular weight excluding hydrogens is 518 g/mol. The molecule has 1 aliphatic heterocycles. The Morgan fingerprint density at radius 3 is 2.64 bits per heavy atom. The number of amides is 4. The average molecular weight is 554 g/mol. The van der Waals surface area contributed by atoms with Gasteiger partial charge in [0.05, 0.1) is 40.7 Å². The highest BCUT2D eigenvalue weighted by Gasteiger charge is 2.35. The number of carbonyl (C=O) groups is 3. The van der Waals surface area contributed by atoms with E-state index in [0.29, 0.717) is 12.2 Å². The van der Waals surface area contributed by atoms with Gasteiger partial charge in [-0.25, -0.2) is 9.78 Å². The van der Waals surface area contributed by atoms with Gasteiger partial charge in [-0.15, -0.1) is 11.3 Å². The van der Waals surface area contributed by atoms with Gasteiger partial charge in [0.2, 0.25) is 0 Å². The Morgan fingerprint density at radius 1 is 1.21 bits per heavy atom. The van der Waals surface area contributed by atoms with Crippen molar-refractivity contribution in [3.63, 3.8) is 0 Å². The van der Waals surface area contributed by atoms with Gasteiger partial charge >= 0.3 is 6.03 Å². The number of nitrogens with one attached hydrogen (secondary N) is 2. The third-order valence-electron chi connectivity index (χ3n) is 6.64. The van der Waals surface area contributed by atoms with Crippen LogP contribution in [0.1, 0.15) is 47.9 Å². The minimum absolute atomic E-state index is 0.0285. The number of nitrogens with zero attached hydrogens (tertiary/aromatic N) is 3. The van der Waals surface area contributed by atoms with E-state index in [9.17, 15) is 19.5 Å². The zero-order valence-corrected chi connectivity index (χ0v) is 23.6. The highest BCUT2D eigenvalue weighted by Crippen LogP contribution is 2.35. The number of likely N-dealkylation sites (N-methyl/N-ethyl adjacent to an activating group) is 1. The van der Waals surface area contributed by atoms with E-state index in [1.54, 1.807) is 42.0 Å². The Balaban J connectivity index is 1.70. The fourth-order valence-corrected chi connectivity index (χ4v) is 5.28. The molecule has 208 valence electrons. The second-order valence-electron chi connectivity index (χ2n) is 10.2. The van der Waals surface area contributed by atoms with E-state index in [1.165, 1.54) is 11.3 Å². The van der Waals surface area contributed by atoms with Gasteiger partial charge in [0.25, 0.3) is 11.8 Å². The summed E-state index contributed by atoms with van der Waals surface area (Å²) in [6, 6.07) is 11.8. The molecule has 4 amide bonds. The van der Waals surface area contributed by atoms with Crippen LogP contribution in [0, 0.1) is 5.92 Å². The Hall–Kier alpha value is -3.70. The lowest BCUT2D eigenvalue weighted by Crippen LogP contribution is -2.51. The van der Waals surface area contributed by atoms with Gasteiger partial charge in [-0.05, 0) is 45.0 Å². The second kappa shape index (κ2) is 12.0. The topological polar surface area (TPSA) is 124 Å². The minimum Gasteiger partial charge on any atom is -0.485 e. The summed E-state index contributed by atoms with van der Waals surface area (Å²) in [5.41, 5.74) is 1.33. The first-order valence-corrected chi connectivity index (χ1v) is 13.8.